The van der Waals surface area contributed by atoms with Gasteiger partial charge >= 0.3 is 6.09 Å². The predicted molar refractivity (Wildman–Crippen MR) is 153 cm³/mol. The second kappa shape index (κ2) is 13.8. The zero-order valence-corrected chi connectivity index (χ0v) is 23.3. The number of nitrogens with one attached hydrogen (secondary N) is 4. The molecule has 2 fully saturated rings. The Morgan fingerprint density at radius 1 is 1.23 bits per heavy atom. The maximum atomic E-state index is 13.4. The van der Waals surface area contributed by atoms with Gasteiger partial charge < -0.3 is 30.8 Å². The molecule has 212 valence electrons. The van der Waals surface area contributed by atoms with Crippen LogP contribution < -0.4 is 20.9 Å². The number of anilines is 3. The highest BCUT2D eigenvalue weighted by molar-refractivity contribution is 5.95. The Morgan fingerprint density at radius 2 is 1.95 bits per heavy atom. The van der Waals surface area contributed by atoms with Gasteiger partial charge in [0.25, 0.3) is 0 Å². The SMILES string of the molecule is CC(C)(C)OC(=O)N(c1ccc(CNCCN2CCOCC2)cc1)c1ncc(C=N)c(NC2CCNCC2)n1. The minimum atomic E-state index is -0.690. The fourth-order valence-electron chi connectivity index (χ4n) is 4.54. The zero-order valence-electron chi connectivity index (χ0n) is 23.3. The van der Waals surface area contributed by atoms with Crippen LogP contribution in [0.25, 0.3) is 0 Å². The molecular formula is C28H42N8O3. The van der Waals surface area contributed by atoms with Gasteiger partial charge in [-0.05, 0) is 64.4 Å². The number of ether oxygens (including phenoxy) is 2. The number of amides is 1. The molecule has 11 nitrogen and oxygen atoms in total. The van der Waals surface area contributed by atoms with Gasteiger partial charge in [-0.2, -0.15) is 4.98 Å². The summed E-state index contributed by atoms with van der Waals surface area (Å²) in [6.07, 6.45) is 4.15. The van der Waals surface area contributed by atoms with Gasteiger partial charge in [-0.15, -0.1) is 0 Å². The van der Waals surface area contributed by atoms with Gasteiger partial charge in [0.15, 0.2) is 0 Å². The molecule has 1 amide bonds. The molecule has 0 spiro atoms. The first-order chi connectivity index (χ1) is 18.8. The Labute approximate surface area is 231 Å². The first-order valence-corrected chi connectivity index (χ1v) is 13.8. The summed E-state index contributed by atoms with van der Waals surface area (Å²) in [7, 11) is 0. The summed E-state index contributed by atoms with van der Waals surface area (Å²) in [5.41, 5.74) is 1.60. The highest BCUT2D eigenvalue weighted by atomic mass is 16.6. The lowest BCUT2D eigenvalue weighted by atomic mass is 10.1. The summed E-state index contributed by atoms with van der Waals surface area (Å²) in [5, 5.41) is 18.1. The molecule has 4 rings (SSSR count). The van der Waals surface area contributed by atoms with Crippen molar-refractivity contribution >= 4 is 29.8 Å². The average Bonchev–Trinajstić information content (AvgIpc) is 2.92. The summed E-state index contributed by atoms with van der Waals surface area (Å²) in [6.45, 7) is 13.5. The molecule has 1 aromatic carbocycles. The Hall–Kier alpha value is -3.12. The van der Waals surface area contributed by atoms with Gasteiger partial charge in [-0.25, -0.2) is 14.7 Å². The van der Waals surface area contributed by atoms with Crippen molar-refractivity contribution in [3.05, 3.63) is 41.6 Å². The Morgan fingerprint density at radius 3 is 2.62 bits per heavy atom. The number of carbonyl (C=O) groups excluding carboxylic acids is 1. The van der Waals surface area contributed by atoms with Crippen molar-refractivity contribution in [1.29, 1.82) is 5.41 Å². The van der Waals surface area contributed by atoms with Gasteiger partial charge in [0.1, 0.15) is 11.4 Å². The Kier molecular flexibility index (Phi) is 10.2. The number of morpholine rings is 1. The van der Waals surface area contributed by atoms with Gasteiger partial charge in [0, 0.05) is 51.2 Å². The molecule has 39 heavy (non-hydrogen) atoms. The Bertz CT molecular complexity index is 1080. The molecule has 2 saturated heterocycles. The zero-order chi connectivity index (χ0) is 27.7. The van der Waals surface area contributed by atoms with Crippen LogP contribution >= 0.6 is 0 Å². The topological polar surface area (TPSA) is 128 Å². The van der Waals surface area contributed by atoms with E-state index in [4.69, 9.17) is 19.9 Å². The third-order valence-corrected chi connectivity index (χ3v) is 6.65. The van der Waals surface area contributed by atoms with Gasteiger partial charge in [0.2, 0.25) is 5.95 Å². The van der Waals surface area contributed by atoms with E-state index in [1.165, 1.54) is 11.1 Å². The quantitative estimate of drug-likeness (QED) is 0.266. The van der Waals surface area contributed by atoms with Crippen LogP contribution in [0.1, 0.15) is 44.7 Å². The number of hydrogen-bond donors (Lipinski definition) is 4. The predicted octanol–water partition coefficient (Wildman–Crippen LogP) is 3.13. The molecule has 3 heterocycles. The summed E-state index contributed by atoms with van der Waals surface area (Å²) in [6, 6.07) is 7.99. The smallest absolute Gasteiger partial charge is 0.421 e. The van der Waals surface area contributed by atoms with E-state index >= 15 is 0 Å². The Balaban J connectivity index is 1.49. The van der Waals surface area contributed by atoms with Crippen molar-refractivity contribution < 1.29 is 14.3 Å². The molecule has 1 aromatic heterocycles. The van der Waals surface area contributed by atoms with E-state index in [0.29, 0.717) is 17.1 Å². The van der Waals surface area contributed by atoms with Crippen molar-refractivity contribution in [3.8, 4) is 0 Å². The summed E-state index contributed by atoms with van der Waals surface area (Å²) in [4.78, 5) is 26.3. The third-order valence-electron chi connectivity index (χ3n) is 6.65. The molecule has 0 unspecified atom stereocenters. The minimum absolute atomic E-state index is 0.197. The molecule has 0 saturated carbocycles. The van der Waals surface area contributed by atoms with Crippen molar-refractivity contribution in [2.75, 3.05) is 62.7 Å². The van der Waals surface area contributed by atoms with E-state index in [1.54, 1.807) is 6.20 Å². The minimum Gasteiger partial charge on any atom is -0.443 e. The fourth-order valence-corrected chi connectivity index (χ4v) is 4.54. The van der Waals surface area contributed by atoms with Crippen LogP contribution in [0, 0.1) is 5.41 Å². The lowest BCUT2D eigenvalue weighted by Crippen LogP contribution is -2.40. The number of piperidine rings is 1. The number of rotatable bonds is 10. The van der Waals surface area contributed by atoms with E-state index in [1.807, 2.05) is 45.0 Å². The number of aromatic nitrogens is 2. The number of nitrogens with zero attached hydrogens (tertiary/aromatic N) is 4. The molecule has 2 aromatic rings. The molecule has 0 atom stereocenters. The van der Waals surface area contributed by atoms with Gasteiger partial charge in [-0.1, -0.05) is 12.1 Å². The first-order valence-electron chi connectivity index (χ1n) is 13.8. The van der Waals surface area contributed by atoms with E-state index in [-0.39, 0.29) is 12.0 Å². The van der Waals surface area contributed by atoms with Crippen molar-refractivity contribution in [2.24, 2.45) is 0 Å². The number of hydrogen-bond acceptors (Lipinski definition) is 10. The monoisotopic (exact) mass is 538 g/mol. The fraction of sp³-hybridized carbons (Fsp3) is 0.571. The number of benzene rings is 1. The lowest BCUT2D eigenvalue weighted by molar-refractivity contribution is 0.0384. The molecule has 11 heteroatoms. The first kappa shape index (κ1) is 28.9. The third kappa shape index (κ3) is 8.69. The summed E-state index contributed by atoms with van der Waals surface area (Å²) < 4.78 is 11.1. The molecule has 0 bridgehead atoms. The average molecular weight is 539 g/mol. The van der Waals surface area contributed by atoms with E-state index < -0.39 is 11.7 Å². The molecule has 2 aliphatic heterocycles. The maximum Gasteiger partial charge on any atom is 0.421 e. The molecule has 0 radical (unpaired) electrons. The maximum absolute atomic E-state index is 13.4. The van der Waals surface area contributed by atoms with Crippen LogP contribution in [0.15, 0.2) is 30.5 Å². The van der Waals surface area contributed by atoms with Gasteiger partial charge in [-0.3, -0.25) is 4.90 Å². The largest absolute Gasteiger partial charge is 0.443 e. The van der Waals surface area contributed by atoms with Crippen LogP contribution in [-0.4, -0.2) is 91.3 Å². The summed E-state index contributed by atoms with van der Waals surface area (Å²) in [5.74, 6) is 0.735. The highest BCUT2D eigenvalue weighted by Crippen LogP contribution is 2.27. The van der Waals surface area contributed by atoms with Crippen molar-refractivity contribution in [3.63, 3.8) is 0 Å². The van der Waals surface area contributed by atoms with Crippen LogP contribution in [0.4, 0.5) is 22.2 Å². The standard InChI is InChI=1S/C28H42N8O3/c1-28(2,3)39-27(37)36(26-32-20-22(18-29)25(34-26)33-23-8-10-30-11-9-23)24-6-4-21(5-7-24)19-31-12-13-35-14-16-38-17-15-35/h4-7,18,20,23,29-31H,8-17,19H2,1-3H3,(H,32,33,34). The van der Waals surface area contributed by atoms with E-state index in [2.05, 4.69) is 25.8 Å². The second-order valence-corrected chi connectivity index (χ2v) is 10.9. The van der Waals surface area contributed by atoms with Crippen molar-refractivity contribution in [1.82, 2.24) is 25.5 Å². The number of carbonyl (C=O) groups is 1. The highest BCUT2D eigenvalue weighted by Gasteiger charge is 2.28. The van der Waals surface area contributed by atoms with Gasteiger partial charge in [0.05, 0.1) is 24.5 Å². The van der Waals surface area contributed by atoms with Crippen LogP contribution in [0.2, 0.25) is 0 Å². The lowest BCUT2D eigenvalue weighted by Gasteiger charge is -2.28. The van der Waals surface area contributed by atoms with Crippen molar-refractivity contribution in [2.45, 2.75) is 51.8 Å². The summed E-state index contributed by atoms with van der Waals surface area (Å²) >= 11 is 0. The molecule has 2 aliphatic rings. The normalized spacial score (nSPS) is 17.0. The van der Waals surface area contributed by atoms with Crippen LogP contribution in [0.5, 0.6) is 0 Å². The molecule has 0 aliphatic carbocycles. The molecular weight excluding hydrogens is 496 g/mol. The second-order valence-electron chi connectivity index (χ2n) is 10.9. The molecule has 4 N–H and O–H groups in total. The van der Waals surface area contributed by atoms with Crippen LogP contribution in [0.3, 0.4) is 0 Å². The van der Waals surface area contributed by atoms with E-state index in [9.17, 15) is 4.79 Å². The van der Waals surface area contributed by atoms with E-state index in [0.717, 1.165) is 77.4 Å². The van der Waals surface area contributed by atoms with Crippen LogP contribution in [-0.2, 0) is 16.0 Å².